The Labute approximate surface area is 142 Å². The van der Waals surface area contributed by atoms with Gasteiger partial charge < -0.3 is 15.6 Å². The molecule has 0 radical (unpaired) electrons. The lowest BCUT2D eigenvalue weighted by Gasteiger charge is -2.53. The second-order valence-corrected chi connectivity index (χ2v) is 7.33. The molecule has 2 N–H and O–H groups in total. The topological polar surface area (TPSA) is 97.1 Å². The fourth-order valence-electron chi connectivity index (χ4n) is 4.21. The molecule has 24 heavy (non-hydrogen) atoms. The maximum Gasteiger partial charge on any atom is 0.256 e. The van der Waals surface area contributed by atoms with E-state index in [0.29, 0.717) is 19.5 Å². The first-order chi connectivity index (χ1) is 11.2. The van der Waals surface area contributed by atoms with Crippen molar-refractivity contribution in [3.63, 3.8) is 0 Å². The van der Waals surface area contributed by atoms with Gasteiger partial charge in [-0.1, -0.05) is 26.8 Å². The molecule has 0 aromatic rings. The maximum absolute atomic E-state index is 12.6. The number of fused-ring (bicyclic) bond motifs is 1. The van der Waals surface area contributed by atoms with E-state index in [9.17, 15) is 14.9 Å². The first-order valence-corrected chi connectivity index (χ1v) is 8.06. The summed E-state index contributed by atoms with van der Waals surface area (Å²) in [5, 5.41) is 19.5. The molecule has 0 spiro atoms. The lowest BCUT2D eigenvalue weighted by molar-refractivity contribution is -0.138. The van der Waals surface area contributed by atoms with E-state index in [1.165, 1.54) is 6.20 Å². The van der Waals surface area contributed by atoms with E-state index in [2.05, 4.69) is 5.32 Å². The van der Waals surface area contributed by atoms with Gasteiger partial charge in [0.25, 0.3) is 5.91 Å². The van der Waals surface area contributed by atoms with E-state index in [0.717, 1.165) is 6.21 Å². The number of piperidine rings is 1. The van der Waals surface area contributed by atoms with Gasteiger partial charge in [-0.2, -0.15) is 5.26 Å². The van der Waals surface area contributed by atoms with E-state index in [1.54, 1.807) is 18.0 Å². The zero-order chi connectivity index (χ0) is 18.1. The smallest absolute Gasteiger partial charge is 0.256 e. The molecule has 2 aliphatic rings. The van der Waals surface area contributed by atoms with Gasteiger partial charge >= 0.3 is 0 Å². The van der Waals surface area contributed by atoms with Crippen molar-refractivity contribution in [2.45, 2.75) is 27.2 Å². The molecule has 2 rings (SSSR count). The van der Waals surface area contributed by atoms with Gasteiger partial charge in [-0.3, -0.25) is 9.59 Å². The predicted molar refractivity (Wildman–Crippen MR) is 91.2 cm³/mol. The fraction of sp³-hybridized carbons (Fsp3) is 0.556. The van der Waals surface area contributed by atoms with Crippen LogP contribution in [0.2, 0.25) is 0 Å². The van der Waals surface area contributed by atoms with Crippen LogP contribution >= 0.6 is 0 Å². The second-order valence-electron chi connectivity index (χ2n) is 7.33. The van der Waals surface area contributed by atoms with Crippen molar-refractivity contribution in [1.82, 2.24) is 10.2 Å². The highest BCUT2D eigenvalue weighted by Crippen LogP contribution is 2.52. The van der Waals surface area contributed by atoms with E-state index < -0.39 is 10.8 Å². The van der Waals surface area contributed by atoms with Gasteiger partial charge in [0.2, 0.25) is 0 Å². The van der Waals surface area contributed by atoms with Crippen LogP contribution in [0.5, 0.6) is 0 Å². The van der Waals surface area contributed by atoms with Crippen molar-refractivity contribution in [1.29, 1.82) is 10.7 Å². The van der Waals surface area contributed by atoms with Crippen LogP contribution in [0.1, 0.15) is 27.2 Å². The fourth-order valence-corrected chi connectivity index (χ4v) is 4.21. The van der Waals surface area contributed by atoms with Crippen molar-refractivity contribution < 1.29 is 9.59 Å². The van der Waals surface area contributed by atoms with Gasteiger partial charge in [0.15, 0.2) is 5.78 Å². The number of hydrogen-bond acceptors (Lipinski definition) is 5. The summed E-state index contributed by atoms with van der Waals surface area (Å²) in [5.74, 6) is -0.237. The highest BCUT2D eigenvalue weighted by atomic mass is 16.2. The molecule has 2 unspecified atom stereocenters. The first kappa shape index (κ1) is 17.9. The van der Waals surface area contributed by atoms with Crippen molar-refractivity contribution in [2.75, 3.05) is 20.1 Å². The summed E-state index contributed by atoms with van der Waals surface area (Å²) in [4.78, 5) is 26.8. The molecule has 0 aromatic carbocycles. The quantitative estimate of drug-likeness (QED) is 0.608. The largest absolute Gasteiger partial charge is 0.393 e. The summed E-state index contributed by atoms with van der Waals surface area (Å²) in [6, 6.07) is 2.02. The van der Waals surface area contributed by atoms with Crippen molar-refractivity contribution in [3.8, 4) is 6.07 Å². The van der Waals surface area contributed by atoms with Gasteiger partial charge in [-0.15, -0.1) is 0 Å². The minimum absolute atomic E-state index is 0.0790. The van der Waals surface area contributed by atoms with Crippen molar-refractivity contribution in [2.24, 2.45) is 16.7 Å². The van der Waals surface area contributed by atoms with Crippen LogP contribution in [0.25, 0.3) is 0 Å². The summed E-state index contributed by atoms with van der Waals surface area (Å²) >= 11 is 0. The third-order valence-corrected chi connectivity index (χ3v) is 5.30. The lowest BCUT2D eigenvalue weighted by Crippen LogP contribution is -2.57. The van der Waals surface area contributed by atoms with Crippen molar-refractivity contribution >= 4 is 17.9 Å². The standard InChI is InChI=1S/C18H24N4O2/c1-17(2)14-5-6-22(16(24)13(9-20)10-21-4)11-18(14,3)7-12(8-19)15(17)23/h7,9-10,14,20-21H,5-6,11H2,1-4H3/b13-10+,20-9?. The Bertz CT molecular complexity index is 684. The molecule has 0 saturated carbocycles. The molecular formula is C18H24N4O2. The number of nitriles is 1. The van der Waals surface area contributed by atoms with Crippen LogP contribution in [0.4, 0.5) is 0 Å². The predicted octanol–water partition coefficient (Wildman–Crippen LogP) is 1.65. The average molecular weight is 328 g/mol. The number of hydrogen-bond donors (Lipinski definition) is 2. The van der Waals surface area contributed by atoms with E-state index in [-0.39, 0.29) is 28.8 Å². The van der Waals surface area contributed by atoms with Gasteiger partial charge in [0.05, 0.1) is 11.1 Å². The third-order valence-electron chi connectivity index (χ3n) is 5.30. The summed E-state index contributed by atoms with van der Waals surface area (Å²) < 4.78 is 0. The molecule has 1 fully saturated rings. The Morgan fingerprint density at radius 1 is 1.50 bits per heavy atom. The Morgan fingerprint density at radius 2 is 2.17 bits per heavy atom. The third kappa shape index (κ3) is 2.75. The Hall–Kier alpha value is -2.42. The normalized spacial score (nSPS) is 29.2. The van der Waals surface area contributed by atoms with Gasteiger partial charge in [-0.05, 0) is 12.3 Å². The number of nitrogens with zero attached hydrogens (tertiary/aromatic N) is 2. The van der Waals surface area contributed by atoms with Crippen LogP contribution in [-0.2, 0) is 9.59 Å². The summed E-state index contributed by atoms with van der Waals surface area (Å²) in [6.45, 7) is 6.77. The molecule has 1 amide bonds. The zero-order valence-electron chi connectivity index (χ0n) is 14.6. The molecular weight excluding hydrogens is 304 g/mol. The van der Waals surface area contributed by atoms with Gasteiger partial charge in [-0.25, -0.2) is 0 Å². The molecule has 2 atom stereocenters. The lowest BCUT2D eigenvalue weighted by atomic mass is 9.55. The highest BCUT2D eigenvalue weighted by Gasteiger charge is 2.53. The summed E-state index contributed by atoms with van der Waals surface area (Å²) in [5.41, 5.74) is -0.570. The zero-order valence-corrected chi connectivity index (χ0v) is 14.6. The number of carbonyl (C=O) groups excluding carboxylic acids is 2. The number of allylic oxidation sites excluding steroid dienone is 1. The number of Topliss-reactive ketones (excluding diaryl/α,β-unsaturated/α-hetero) is 1. The molecule has 0 bridgehead atoms. The molecule has 128 valence electrons. The van der Waals surface area contributed by atoms with Crippen LogP contribution in [-0.4, -0.2) is 42.9 Å². The Morgan fingerprint density at radius 3 is 2.71 bits per heavy atom. The van der Waals surface area contributed by atoms with Crippen LogP contribution in [0.15, 0.2) is 23.4 Å². The molecule has 1 saturated heterocycles. The minimum Gasteiger partial charge on any atom is -0.393 e. The van der Waals surface area contributed by atoms with Crippen LogP contribution in [0.3, 0.4) is 0 Å². The second kappa shape index (κ2) is 6.23. The summed E-state index contributed by atoms with van der Waals surface area (Å²) in [7, 11) is 1.68. The monoisotopic (exact) mass is 328 g/mol. The number of ketones is 1. The number of likely N-dealkylation sites (tertiary alicyclic amines) is 1. The maximum atomic E-state index is 12.6. The van der Waals surface area contributed by atoms with E-state index >= 15 is 0 Å². The molecule has 6 nitrogen and oxygen atoms in total. The number of amides is 1. The minimum atomic E-state index is -0.616. The number of nitrogens with one attached hydrogen (secondary N) is 2. The molecule has 1 aliphatic carbocycles. The number of carbonyl (C=O) groups is 2. The number of rotatable bonds is 3. The van der Waals surface area contributed by atoms with Crippen LogP contribution < -0.4 is 5.32 Å². The van der Waals surface area contributed by atoms with E-state index in [1.807, 2.05) is 26.8 Å². The highest BCUT2D eigenvalue weighted by molar-refractivity contribution is 6.11. The molecule has 1 aliphatic heterocycles. The first-order valence-electron chi connectivity index (χ1n) is 8.06. The SMILES string of the molecule is CN/C=C(\C=N)C(=O)N1CCC2C(C)(C=C(C#N)C(=O)C2(C)C)C1. The van der Waals surface area contributed by atoms with E-state index in [4.69, 9.17) is 5.41 Å². The Kier molecular flexibility index (Phi) is 4.66. The van der Waals surface area contributed by atoms with Gasteiger partial charge in [0.1, 0.15) is 6.07 Å². The molecule has 1 heterocycles. The van der Waals surface area contributed by atoms with Crippen molar-refractivity contribution in [3.05, 3.63) is 23.4 Å². The molecule has 0 aromatic heterocycles. The summed E-state index contributed by atoms with van der Waals surface area (Å²) in [6.07, 6.45) is 4.99. The Balaban J connectivity index is 2.38. The molecule has 6 heteroatoms. The van der Waals surface area contributed by atoms with Crippen LogP contribution in [0, 0.1) is 33.5 Å². The van der Waals surface area contributed by atoms with Gasteiger partial charge in [0, 0.05) is 43.4 Å². The average Bonchev–Trinajstić information content (AvgIpc) is 2.55.